The van der Waals surface area contributed by atoms with Crippen molar-refractivity contribution in [2.75, 3.05) is 25.1 Å². The summed E-state index contributed by atoms with van der Waals surface area (Å²) in [5.41, 5.74) is 2.29. The van der Waals surface area contributed by atoms with E-state index in [4.69, 9.17) is 4.74 Å². The minimum absolute atomic E-state index is 0.459. The number of aromatic amines is 1. The van der Waals surface area contributed by atoms with Crippen molar-refractivity contribution in [1.82, 2.24) is 10.2 Å². The first-order valence-corrected chi connectivity index (χ1v) is 4.62. The molecule has 0 atom stereocenters. The van der Waals surface area contributed by atoms with E-state index >= 15 is 0 Å². The van der Waals surface area contributed by atoms with E-state index in [1.807, 2.05) is 0 Å². The molecule has 2 heterocycles. The minimum Gasteiger partial charge on any atom is -0.473 e. The van der Waals surface area contributed by atoms with Gasteiger partial charge < -0.3 is 9.64 Å². The van der Waals surface area contributed by atoms with Gasteiger partial charge in [0.05, 0.1) is 12.2 Å². The molecule has 1 aliphatic rings. The molecule has 4 heteroatoms. The topological polar surface area (TPSA) is 41.2 Å². The summed E-state index contributed by atoms with van der Waals surface area (Å²) in [7, 11) is 2.07. The lowest BCUT2D eigenvalue weighted by atomic mass is 10.1. The summed E-state index contributed by atoms with van der Waals surface area (Å²) in [5.74, 6) is 1.21. The van der Waals surface area contributed by atoms with Crippen molar-refractivity contribution in [3.63, 3.8) is 0 Å². The van der Waals surface area contributed by atoms with E-state index in [0.29, 0.717) is 5.92 Å². The Labute approximate surface area is 77.9 Å². The molecule has 1 aliphatic heterocycles. The molecule has 1 N–H and O–H groups in total. The Balaban J connectivity index is 2.44. The van der Waals surface area contributed by atoms with Crippen LogP contribution >= 0.6 is 0 Å². The van der Waals surface area contributed by atoms with Crippen LogP contribution < -0.4 is 9.64 Å². The predicted octanol–water partition coefficient (Wildman–Crippen LogP) is 1.36. The van der Waals surface area contributed by atoms with Crippen molar-refractivity contribution in [1.29, 1.82) is 0 Å². The standard InChI is InChI=1S/C9H15N3O/c1-6(2)7-8-9(11-10-7)13-5-4-12(8)3/h6H,4-5H2,1-3H3,(H,10,11). The maximum atomic E-state index is 5.44. The molecule has 1 aromatic heterocycles. The van der Waals surface area contributed by atoms with Crippen LogP contribution in [-0.2, 0) is 0 Å². The van der Waals surface area contributed by atoms with Gasteiger partial charge in [0.1, 0.15) is 12.3 Å². The zero-order valence-corrected chi connectivity index (χ0v) is 8.29. The van der Waals surface area contributed by atoms with Crippen LogP contribution in [0, 0.1) is 0 Å². The lowest BCUT2D eigenvalue weighted by molar-refractivity contribution is 0.299. The first-order valence-electron chi connectivity index (χ1n) is 4.62. The number of H-pyrrole nitrogens is 1. The average molecular weight is 181 g/mol. The van der Waals surface area contributed by atoms with E-state index in [1.54, 1.807) is 0 Å². The molecule has 0 spiro atoms. The third-order valence-electron chi connectivity index (χ3n) is 2.36. The molecule has 4 nitrogen and oxygen atoms in total. The van der Waals surface area contributed by atoms with Gasteiger partial charge >= 0.3 is 0 Å². The number of hydrogen-bond donors (Lipinski definition) is 1. The number of nitrogens with zero attached hydrogens (tertiary/aromatic N) is 2. The van der Waals surface area contributed by atoms with Crippen LogP contribution in [0.2, 0.25) is 0 Å². The van der Waals surface area contributed by atoms with Gasteiger partial charge in [-0.1, -0.05) is 13.8 Å². The Morgan fingerprint density at radius 2 is 2.31 bits per heavy atom. The van der Waals surface area contributed by atoms with Gasteiger partial charge in [0.2, 0.25) is 0 Å². The normalized spacial score (nSPS) is 15.8. The number of aromatic nitrogens is 2. The minimum atomic E-state index is 0.459. The lowest BCUT2D eigenvalue weighted by Gasteiger charge is -2.25. The van der Waals surface area contributed by atoms with Crippen LogP contribution in [0.15, 0.2) is 0 Å². The lowest BCUT2D eigenvalue weighted by Crippen LogP contribution is -2.29. The van der Waals surface area contributed by atoms with E-state index in [2.05, 4.69) is 36.0 Å². The van der Waals surface area contributed by atoms with Crippen LogP contribution in [0.25, 0.3) is 0 Å². The predicted molar refractivity (Wildman–Crippen MR) is 51.4 cm³/mol. The largest absolute Gasteiger partial charge is 0.473 e. The fourth-order valence-electron chi connectivity index (χ4n) is 1.60. The molecule has 0 radical (unpaired) electrons. The quantitative estimate of drug-likeness (QED) is 0.711. The monoisotopic (exact) mass is 181 g/mol. The van der Waals surface area contributed by atoms with E-state index in [0.717, 1.165) is 30.4 Å². The fourth-order valence-corrected chi connectivity index (χ4v) is 1.60. The van der Waals surface area contributed by atoms with E-state index in [9.17, 15) is 0 Å². The van der Waals surface area contributed by atoms with Gasteiger partial charge in [-0.05, 0) is 5.92 Å². The molecular weight excluding hydrogens is 166 g/mol. The Morgan fingerprint density at radius 1 is 1.54 bits per heavy atom. The van der Waals surface area contributed by atoms with Gasteiger partial charge in [-0.15, -0.1) is 5.10 Å². The Bertz CT molecular complexity index is 306. The van der Waals surface area contributed by atoms with Gasteiger partial charge in [-0.3, -0.25) is 5.10 Å². The number of anilines is 1. The van der Waals surface area contributed by atoms with E-state index < -0.39 is 0 Å². The summed E-state index contributed by atoms with van der Waals surface area (Å²) in [6.45, 7) is 5.96. The number of fused-ring (bicyclic) bond motifs is 1. The van der Waals surface area contributed by atoms with Crippen LogP contribution in [0.4, 0.5) is 5.69 Å². The highest BCUT2D eigenvalue weighted by atomic mass is 16.5. The highest BCUT2D eigenvalue weighted by Gasteiger charge is 2.23. The molecule has 0 aromatic carbocycles. The van der Waals surface area contributed by atoms with E-state index in [1.165, 1.54) is 0 Å². The molecule has 0 saturated heterocycles. The zero-order valence-electron chi connectivity index (χ0n) is 8.29. The van der Waals surface area contributed by atoms with Gasteiger partial charge in [-0.25, -0.2) is 0 Å². The number of rotatable bonds is 1. The van der Waals surface area contributed by atoms with Crippen molar-refractivity contribution in [3.8, 4) is 5.88 Å². The summed E-state index contributed by atoms with van der Waals surface area (Å²) in [5, 5.41) is 7.17. The number of hydrogen-bond acceptors (Lipinski definition) is 3. The van der Waals surface area contributed by atoms with E-state index in [-0.39, 0.29) is 0 Å². The molecule has 1 aromatic rings. The first-order chi connectivity index (χ1) is 6.20. The summed E-state index contributed by atoms with van der Waals surface area (Å²) in [6.07, 6.45) is 0. The SMILES string of the molecule is CC(C)c1[nH]nc2c1N(C)CCO2. The third-order valence-corrected chi connectivity index (χ3v) is 2.36. The molecule has 0 bridgehead atoms. The third kappa shape index (κ3) is 1.26. The molecule has 0 aliphatic carbocycles. The Kier molecular flexibility index (Phi) is 1.90. The summed E-state index contributed by atoms with van der Waals surface area (Å²) in [4.78, 5) is 2.19. The summed E-state index contributed by atoms with van der Waals surface area (Å²) < 4.78 is 5.44. The maximum absolute atomic E-state index is 5.44. The molecule has 72 valence electrons. The van der Waals surface area contributed by atoms with Crippen molar-refractivity contribution in [3.05, 3.63) is 5.69 Å². The highest BCUT2D eigenvalue weighted by molar-refractivity contribution is 5.60. The van der Waals surface area contributed by atoms with Crippen molar-refractivity contribution in [2.45, 2.75) is 19.8 Å². The van der Waals surface area contributed by atoms with Gasteiger partial charge in [-0.2, -0.15) is 0 Å². The van der Waals surface area contributed by atoms with Crippen molar-refractivity contribution in [2.24, 2.45) is 0 Å². The second-order valence-electron chi connectivity index (χ2n) is 3.72. The van der Waals surface area contributed by atoms with Crippen molar-refractivity contribution < 1.29 is 4.74 Å². The Hall–Kier alpha value is -1.19. The van der Waals surface area contributed by atoms with Crippen LogP contribution in [0.5, 0.6) is 5.88 Å². The molecular formula is C9H15N3O. The number of likely N-dealkylation sites (N-methyl/N-ethyl adjacent to an activating group) is 1. The fraction of sp³-hybridized carbons (Fsp3) is 0.667. The molecule has 0 saturated carbocycles. The highest BCUT2D eigenvalue weighted by Crippen LogP contribution is 2.35. The molecule has 2 rings (SSSR count). The van der Waals surface area contributed by atoms with Gasteiger partial charge in [0.15, 0.2) is 0 Å². The van der Waals surface area contributed by atoms with Crippen LogP contribution in [0.1, 0.15) is 25.5 Å². The number of nitrogens with one attached hydrogen (secondary N) is 1. The number of ether oxygens (including phenoxy) is 1. The van der Waals surface area contributed by atoms with Crippen LogP contribution in [-0.4, -0.2) is 30.4 Å². The zero-order chi connectivity index (χ0) is 9.42. The van der Waals surface area contributed by atoms with Gasteiger partial charge in [0, 0.05) is 7.05 Å². The second kappa shape index (κ2) is 2.94. The molecule has 0 fully saturated rings. The first kappa shape index (κ1) is 8.41. The maximum Gasteiger partial charge on any atom is 0.256 e. The summed E-state index contributed by atoms with van der Waals surface area (Å²) >= 11 is 0. The van der Waals surface area contributed by atoms with Crippen molar-refractivity contribution >= 4 is 5.69 Å². The molecule has 0 amide bonds. The Morgan fingerprint density at radius 3 is 3.00 bits per heavy atom. The molecule has 13 heavy (non-hydrogen) atoms. The molecule has 0 unspecified atom stereocenters. The van der Waals surface area contributed by atoms with Crippen LogP contribution in [0.3, 0.4) is 0 Å². The smallest absolute Gasteiger partial charge is 0.256 e. The van der Waals surface area contributed by atoms with Gasteiger partial charge in [0.25, 0.3) is 5.88 Å². The average Bonchev–Trinajstić information content (AvgIpc) is 2.49. The second-order valence-corrected chi connectivity index (χ2v) is 3.72. The summed E-state index contributed by atoms with van der Waals surface area (Å²) in [6, 6.07) is 0.